The Morgan fingerprint density at radius 2 is 2.33 bits per heavy atom. The molecule has 0 spiro atoms. The molecular formula is C11H20N2O2. The molecule has 0 radical (unpaired) electrons. The van der Waals surface area contributed by atoms with Crippen LogP contribution < -0.4 is 5.73 Å². The second-order valence-corrected chi connectivity index (χ2v) is 4.52. The van der Waals surface area contributed by atoms with E-state index in [-0.39, 0.29) is 5.91 Å². The van der Waals surface area contributed by atoms with Crippen LogP contribution >= 0.6 is 0 Å². The van der Waals surface area contributed by atoms with Crippen molar-refractivity contribution < 1.29 is 9.53 Å². The summed E-state index contributed by atoms with van der Waals surface area (Å²) in [6.07, 6.45) is 2.94. The highest BCUT2D eigenvalue weighted by atomic mass is 16.5. The van der Waals surface area contributed by atoms with Gasteiger partial charge in [0, 0.05) is 20.2 Å². The van der Waals surface area contributed by atoms with E-state index in [0.29, 0.717) is 13.2 Å². The molecule has 0 bridgehead atoms. The lowest BCUT2D eigenvalue weighted by Gasteiger charge is -2.31. The number of hydrogen-bond acceptors (Lipinski definition) is 3. The lowest BCUT2D eigenvalue weighted by molar-refractivity contribution is -0.135. The number of carbonyl (C=O) groups is 1. The Bertz CT molecular complexity index is 266. The minimum atomic E-state index is -0.771. The highest BCUT2D eigenvalue weighted by molar-refractivity contribution is 5.85. The maximum Gasteiger partial charge on any atom is 0.242 e. The summed E-state index contributed by atoms with van der Waals surface area (Å²) >= 11 is 0. The van der Waals surface area contributed by atoms with Gasteiger partial charge in [-0.3, -0.25) is 4.79 Å². The van der Waals surface area contributed by atoms with Crippen LogP contribution in [-0.4, -0.2) is 43.2 Å². The first-order valence-corrected chi connectivity index (χ1v) is 5.20. The van der Waals surface area contributed by atoms with Gasteiger partial charge >= 0.3 is 0 Å². The van der Waals surface area contributed by atoms with E-state index in [9.17, 15) is 4.79 Å². The smallest absolute Gasteiger partial charge is 0.242 e. The van der Waals surface area contributed by atoms with Crippen LogP contribution in [0.4, 0.5) is 0 Å². The summed E-state index contributed by atoms with van der Waals surface area (Å²) in [6.45, 7) is 5.54. The largest absolute Gasteiger partial charge is 0.380 e. The van der Waals surface area contributed by atoms with Crippen molar-refractivity contribution in [2.75, 3.05) is 26.8 Å². The van der Waals surface area contributed by atoms with Crippen LogP contribution in [0.3, 0.4) is 0 Å². The van der Waals surface area contributed by atoms with Crippen molar-refractivity contribution in [1.82, 2.24) is 4.90 Å². The highest BCUT2D eigenvalue weighted by Gasteiger charge is 2.28. The molecule has 4 heteroatoms. The molecule has 1 aliphatic heterocycles. The molecule has 0 saturated carbocycles. The van der Waals surface area contributed by atoms with Crippen LogP contribution in [0.25, 0.3) is 0 Å². The number of ether oxygens (including phenoxy) is 1. The van der Waals surface area contributed by atoms with Gasteiger partial charge in [-0.1, -0.05) is 6.08 Å². The second-order valence-electron chi connectivity index (χ2n) is 4.52. The summed E-state index contributed by atoms with van der Waals surface area (Å²) in [5, 5.41) is 0. The fourth-order valence-electron chi connectivity index (χ4n) is 1.62. The Morgan fingerprint density at radius 1 is 1.67 bits per heavy atom. The summed E-state index contributed by atoms with van der Waals surface area (Å²) in [4.78, 5) is 13.6. The lowest BCUT2D eigenvalue weighted by Crippen LogP contribution is -2.52. The zero-order chi connectivity index (χ0) is 11.5. The molecule has 2 N–H and O–H groups in total. The predicted octanol–water partition coefficient (Wildman–Crippen LogP) is 0.529. The van der Waals surface area contributed by atoms with Crippen LogP contribution in [0.2, 0.25) is 0 Å². The third kappa shape index (κ3) is 3.32. The summed E-state index contributed by atoms with van der Waals surface area (Å²) in [5.41, 5.74) is 6.26. The zero-order valence-corrected chi connectivity index (χ0v) is 9.75. The number of carbonyl (C=O) groups excluding carboxylic acids is 1. The number of amides is 1. The molecule has 86 valence electrons. The first-order valence-electron chi connectivity index (χ1n) is 5.20. The molecule has 15 heavy (non-hydrogen) atoms. The minimum absolute atomic E-state index is 0.00946. The third-order valence-corrected chi connectivity index (χ3v) is 2.47. The van der Waals surface area contributed by atoms with Crippen LogP contribution in [0, 0.1) is 0 Å². The van der Waals surface area contributed by atoms with E-state index in [1.54, 1.807) is 25.9 Å². The van der Waals surface area contributed by atoms with E-state index < -0.39 is 5.54 Å². The molecule has 4 nitrogen and oxygen atoms in total. The molecule has 1 heterocycles. The molecule has 1 amide bonds. The average Bonchev–Trinajstić information content (AvgIpc) is 2.17. The van der Waals surface area contributed by atoms with E-state index in [1.165, 1.54) is 5.57 Å². The first-order chi connectivity index (χ1) is 6.95. The first kappa shape index (κ1) is 12.2. The van der Waals surface area contributed by atoms with E-state index >= 15 is 0 Å². The number of nitrogens with zero attached hydrogens (tertiary/aromatic N) is 1. The molecule has 1 aliphatic rings. The molecule has 0 aromatic carbocycles. The second kappa shape index (κ2) is 4.77. The number of hydrogen-bond donors (Lipinski definition) is 1. The lowest BCUT2D eigenvalue weighted by atomic mass is 10.0. The monoisotopic (exact) mass is 212 g/mol. The van der Waals surface area contributed by atoms with Crippen LogP contribution in [0.1, 0.15) is 20.3 Å². The van der Waals surface area contributed by atoms with Crippen LogP contribution in [0.5, 0.6) is 0 Å². The Labute approximate surface area is 91.1 Å². The molecule has 1 rings (SSSR count). The standard InChI is InChI=1S/C11H20N2O2/c1-11(2,12)10(14)13-6-4-9(5-7-13)8-15-3/h4H,5-8,12H2,1-3H3. The van der Waals surface area contributed by atoms with Gasteiger partial charge in [0.25, 0.3) is 0 Å². The molecule has 0 fully saturated rings. The van der Waals surface area contributed by atoms with Crippen molar-refractivity contribution in [2.45, 2.75) is 25.8 Å². The van der Waals surface area contributed by atoms with Crippen molar-refractivity contribution >= 4 is 5.91 Å². The Kier molecular flexibility index (Phi) is 3.88. The van der Waals surface area contributed by atoms with Gasteiger partial charge in [0.05, 0.1) is 12.1 Å². The zero-order valence-electron chi connectivity index (χ0n) is 9.75. The van der Waals surface area contributed by atoms with Gasteiger partial charge in [-0.25, -0.2) is 0 Å². The van der Waals surface area contributed by atoms with Gasteiger partial charge in [-0.15, -0.1) is 0 Å². The van der Waals surface area contributed by atoms with E-state index in [2.05, 4.69) is 6.08 Å². The van der Waals surface area contributed by atoms with Gasteiger partial charge < -0.3 is 15.4 Å². The molecular weight excluding hydrogens is 192 g/mol. The maximum atomic E-state index is 11.8. The highest BCUT2D eigenvalue weighted by Crippen LogP contribution is 2.14. The van der Waals surface area contributed by atoms with Gasteiger partial charge in [0.1, 0.15) is 0 Å². The fourth-order valence-corrected chi connectivity index (χ4v) is 1.62. The maximum absolute atomic E-state index is 11.8. The number of methoxy groups -OCH3 is 1. The molecule has 0 unspecified atom stereocenters. The molecule has 0 saturated heterocycles. The van der Waals surface area contributed by atoms with E-state index in [4.69, 9.17) is 10.5 Å². The summed E-state index contributed by atoms with van der Waals surface area (Å²) < 4.78 is 5.05. The van der Waals surface area contributed by atoms with E-state index in [1.807, 2.05) is 0 Å². The Hall–Kier alpha value is -0.870. The van der Waals surface area contributed by atoms with Crippen LogP contribution in [-0.2, 0) is 9.53 Å². The van der Waals surface area contributed by atoms with Gasteiger partial charge in [0.2, 0.25) is 5.91 Å². The molecule has 0 aromatic rings. The van der Waals surface area contributed by atoms with Gasteiger partial charge in [-0.2, -0.15) is 0 Å². The van der Waals surface area contributed by atoms with Crippen molar-refractivity contribution in [3.63, 3.8) is 0 Å². The van der Waals surface area contributed by atoms with Crippen molar-refractivity contribution in [2.24, 2.45) is 5.73 Å². The SMILES string of the molecule is COCC1=CCN(C(=O)C(C)(C)N)CC1. The topological polar surface area (TPSA) is 55.6 Å². The summed E-state index contributed by atoms with van der Waals surface area (Å²) in [7, 11) is 1.68. The van der Waals surface area contributed by atoms with Crippen molar-refractivity contribution in [3.05, 3.63) is 11.6 Å². The molecule has 0 aromatic heterocycles. The van der Waals surface area contributed by atoms with Crippen molar-refractivity contribution in [3.8, 4) is 0 Å². The molecule has 0 atom stereocenters. The predicted molar refractivity (Wildman–Crippen MR) is 59.4 cm³/mol. The van der Waals surface area contributed by atoms with E-state index in [0.717, 1.165) is 13.0 Å². The Morgan fingerprint density at radius 3 is 2.73 bits per heavy atom. The van der Waals surface area contributed by atoms with Crippen molar-refractivity contribution in [1.29, 1.82) is 0 Å². The van der Waals surface area contributed by atoms with Crippen LogP contribution in [0.15, 0.2) is 11.6 Å². The summed E-state index contributed by atoms with van der Waals surface area (Å²) in [6, 6.07) is 0. The fraction of sp³-hybridized carbons (Fsp3) is 0.727. The number of rotatable bonds is 3. The average molecular weight is 212 g/mol. The van der Waals surface area contributed by atoms with Gasteiger partial charge in [-0.05, 0) is 25.8 Å². The summed E-state index contributed by atoms with van der Waals surface area (Å²) in [5.74, 6) is 0.00946. The molecule has 0 aliphatic carbocycles. The quantitative estimate of drug-likeness (QED) is 0.694. The Balaban J connectivity index is 2.54. The van der Waals surface area contributed by atoms with Gasteiger partial charge in [0.15, 0.2) is 0 Å². The minimum Gasteiger partial charge on any atom is -0.380 e. The number of nitrogens with two attached hydrogens (primary N) is 1. The third-order valence-electron chi connectivity index (χ3n) is 2.47. The normalized spacial score (nSPS) is 17.6.